The zero-order valence-corrected chi connectivity index (χ0v) is 16.4. The molecule has 1 aliphatic carbocycles. The molecule has 152 valence electrons. The van der Waals surface area contributed by atoms with Crippen LogP contribution >= 0.6 is 0 Å². The monoisotopic (exact) mass is 395 g/mol. The fourth-order valence-corrected chi connectivity index (χ4v) is 5.19. The number of amides is 1. The highest BCUT2D eigenvalue weighted by molar-refractivity contribution is 5.92. The highest BCUT2D eigenvalue weighted by atomic mass is 16.5. The molecule has 0 spiro atoms. The number of aromatic nitrogens is 2. The van der Waals surface area contributed by atoms with Crippen molar-refractivity contribution in [1.29, 1.82) is 0 Å². The van der Waals surface area contributed by atoms with Gasteiger partial charge in [0.05, 0.1) is 12.7 Å². The molecule has 3 heterocycles. The SMILES string of the molecule is COc1ccc2c(c1)CCC2N1CC2CN(c3ncc(C(=O)NO)cn3)CC2C1. The molecule has 0 radical (unpaired) electrons. The number of methoxy groups -OCH3 is 1. The van der Waals surface area contributed by atoms with Gasteiger partial charge in [0, 0.05) is 44.6 Å². The maximum Gasteiger partial charge on any atom is 0.277 e. The van der Waals surface area contributed by atoms with Gasteiger partial charge in [-0.2, -0.15) is 0 Å². The van der Waals surface area contributed by atoms with Crippen molar-refractivity contribution < 1.29 is 14.7 Å². The molecule has 3 unspecified atom stereocenters. The molecular formula is C21H25N5O3. The minimum Gasteiger partial charge on any atom is -0.497 e. The minimum absolute atomic E-state index is 0.248. The standard InChI is InChI=1S/C21H25N5O3/c1-29-17-3-4-18-13(6-17)2-5-19(18)25-9-15-11-26(12-16(15)10-25)21-22-7-14(8-23-21)20(27)24-28/h3-4,6-8,15-16,19,28H,2,5,9-12H2,1H3,(H,24,27). The van der Waals surface area contributed by atoms with Crippen LogP contribution in [0.4, 0.5) is 5.95 Å². The molecule has 1 aromatic heterocycles. The van der Waals surface area contributed by atoms with Crippen molar-refractivity contribution in [3.8, 4) is 5.75 Å². The maximum absolute atomic E-state index is 11.4. The van der Waals surface area contributed by atoms with E-state index in [1.807, 2.05) is 0 Å². The van der Waals surface area contributed by atoms with Crippen LogP contribution in [0.2, 0.25) is 0 Å². The molecule has 2 fully saturated rings. The van der Waals surface area contributed by atoms with Crippen LogP contribution in [-0.4, -0.2) is 59.3 Å². The Labute approximate surface area is 169 Å². The second-order valence-corrected chi connectivity index (χ2v) is 8.21. The van der Waals surface area contributed by atoms with Crippen molar-refractivity contribution >= 4 is 11.9 Å². The van der Waals surface area contributed by atoms with Gasteiger partial charge in [0.25, 0.3) is 5.91 Å². The van der Waals surface area contributed by atoms with Gasteiger partial charge in [0.1, 0.15) is 5.75 Å². The smallest absolute Gasteiger partial charge is 0.277 e. The van der Waals surface area contributed by atoms with E-state index in [1.165, 1.54) is 29.9 Å². The van der Waals surface area contributed by atoms with Gasteiger partial charge in [-0.1, -0.05) is 6.07 Å². The first-order valence-electron chi connectivity index (χ1n) is 10.1. The average Bonchev–Trinajstić information content (AvgIpc) is 3.45. The quantitative estimate of drug-likeness (QED) is 0.601. The third-order valence-electron chi connectivity index (χ3n) is 6.64. The zero-order chi connectivity index (χ0) is 20.0. The number of hydrogen-bond donors (Lipinski definition) is 2. The highest BCUT2D eigenvalue weighted by Crippen LogP contribution is 2.42. The molecule has 29 heavy (non-hydrogen) atoms. The summed E-state index contributed by atoms with van der Waals surface area (Å²) in [5.41, 5.74) is 4.74. The maximum atomic E-state index is 11.4. The molecule has 5 rings (SSSR count). The Morgan fingerprint density at radius 2 is 1.90 bits per heavy atom. The number of hydrogen-bond acceptors (Lipinski definition) is 7. The summed E-state index contributed by atoms with van der Waals surface area (Å²) in [5.74, 6) is 2.22. The van der Waals surface area contributed by atoms with E-state index in [1.54, 1.807) is 12.6 Å². The molecular weight excluding hydrogens is 370 g/mol. The molecule has 3 aliphatic rings. The number of hydroxylamine groups is 1. The van der Waals surface area contributed by atoms with Crippen LogP contribution < -0.4 is 15.1 Å². The predicted molar refractivity (Wildman–Crippen MR) is 106 cm³/mol. The van der Waals surface area contributed by atoms with Gasteiger partial charge >= 0.3 is 0 Å². The number of aryl methyl sites for hydroxylation is 1. The van der Waals surface area contributed by atoms with Crippen LogP contribution in [0.1, 0.15) is 33.9 Å². The fourth-order valence-electron chi connectivity index (χ4n) is 5.19. The van der Waals surface area contributed by atoms with Crippen LogP contribution in [0.25, 0.3) is 0 Å². The Balaban J connectivity index is 1.24. The lowest BCUT2D eigenvalue weighted by molar-refractivity contribution is 0.0705. The molecule has 2 N–H and O–H groups in total. The summed E-state index contributed by atoms with van der Waals surface area (Å²) in [4.78, 5) is 24.9. The normalized spacial score (nSPS) is 25.7. The molecule has 2 saturated heterocycles. The van der Waals surface area contributed by atoms with Crippen LogP contribution in [0.15, 0.2) is 30.6 Å². The lowest BCUT2D eigenvalue weighted by Crippen LogP contribution is -2.31. The minimum atomic E-state index is -0.597. The fraction of sp³-hybridized carbons (Fsp3) is 0.476. The summed E-state index contributed by atoms with van der Waals surface area (Å²) in [6, 6.07) is 7.02. The Morgan fingerprint density at radius 3 is 2.55 bits per heavy atom. The van der Waals surface area contributed by atoms with Crippen molar-refractivity contribution in [2.45, 2.75) is 18.9 Å². The van der Waals surface area contributed by atoms with Gasteiger partial charge in [0.15, 0.2) is 0 Å². The molecule has 1 amide bonds. The lowest BCUT2D eigenvalue weighted by Gasteiger charge is -2.27. The molecule has 1 aromatic carbocycles. The average molecular weight is 395 g/mol. The summed E-state index contributed by atoms with van der Waals surface area (Å²) in [5, 5.41) is 8.70. The molecule has 3 atom stereocenters. The Bertz CT molecular complexity index is 905. The van der Waals surface area contributed by atoms with Crippen molar-refractivity contribution in [2.24, 2.45) is 11.8 Å². The van der Waals surface area contributed by atoms with Gasteiger partial charge in [-0.15, -0.1) is 0 Å². The van der Waals surface area contributed by atoms with E-state index < -0.39 is 5.91 Å². The van der Waals surface area contributed by atoms with Crippen molar-refractivity contribution in [1.82, 2.24) is 20.3 Å². The molecule has 2 aromatic rings. The Kier molecular flexibility index (Phi) is 4.60. The van der Waals surface area contributed by atoms with E-state index in [0.717, 1.165) is 38.3 Å². The van der Waals surface area contributed by atoms with Crippen LogP contribution in [-0.2, 0) is 6.42 Å². The number of ether oxygens (including phenoxy) is 1. The first-order valence-corrected chi connectivity index (χ1v) is 10.1. The van der Waals surface area contributed by atoms with Crippen LogP contribution in [0.3, 0.4) is 0 Å². The van der Waals surface area contributed by atoms with Gasteiger partial charge in [0.2, 0.25) is 5.95 Å². The topological polar surface area (TPSA) is 90.8 Å². The number of nitrogens with zero attached hydrogens (tertiary/aromatic N) is 4. The number of fused-ring (bicyclic) bond motifs is 2. The highest BCUT2D eigenvalue weighted by Gasteiger charge is 2.44. The zero-order valence-electron chi connectivity index (χ0n) is 16.4. The molecule has 0 bridgehead atoms. The van der Waals surface area contributed by atoms with Gasteiger partial charge in [-0.25, -0.2) is 15.4 Å². The van der Waals surface area contributed by atoms with Crippen molar-refractivity contribution in [3.63, 3.8) is 0 Å². The summed E-state index contributed by atoms with van der Waals surface area (Å²) >= 11 is 0. The summed E-state index contributed by atoms with van der Waals surface area (Å²) in [7, 11) is 1.72. The van der Waals surface area contributed by atoms with Gasteiger partial charge < -0.3 is 9.64 Å². The number of anilines is 1. The van der Waals surface area contributed by atoms with E-state index in [4.69, 9.17) is 9.94 Å². The first kappa shape index (κ1) is 18.3. The van der Waals surface area contributed by atoms with E-state index in [-0.39, 0.29) is 5.56 Å². The summed E-state index contributed by atoms with van der Waals surface area (Å²) in [6.07, 6.45) is 5.22. The van der Waals surface area contributed by atoms with Crippen LogP contribution in [0, 0.1) is 11.8 Å². The second-order valence-electron chi connectivity index (χ2n) is 8.21. The van der Waals surface area contributed by atoms with Crippen LogP contribution in [0.5, 0.6) is 5.75 Å². The number of rotatable bonds is 4. The second kappa shape index (κ2) is 7.27. The molecule has 2 aliphatic heterocycles. The van der Waals surface area contributed by atoms with Gasteiger partial charge in [-0.3, -0.25) is 14.9 Å². The van der Waals surface area contributed by atoms with Crippen molar-refractivity contribution in [3.05, 3.63) is 47.3 Å². The number of likely N-dealkylation sites (tertiary alicyclic amines) is 1. The van der Waals surface area contributed by atoms with E-state index in [0.29, 0.717) is 23.8 Å². The Morgan fingerprint density at radius 1 is 1.17 bits per heavy atom. The van der Waals surface area contributed by atoms with E-state index in [2.05, 4.69) is 38.0 Å². The van der Waals surface area contributed by atoms with Gasteiger partial charge in [-0.05, 0) is 47.9 Å². The lowest BCUT2D eigenvalue weighted by atomic mass is 10.0. The van der Waals surface area contributed by atoms with E-state index in [9.17, 15) is 4.79 Å². The first-order chi connectivity index (χ1) is 14.2. The third-order valence-corrected chi connectivity index (χ3v) is 6.64. The van der Waals surface area contributed by atoms with Crippen molar-refractivity contribution in [2.75, 3.05) is 38.2 Å². The third kappa shape index (κ3) is 3.22. The summed E-state index contributed by atoms with van der Waals surface area (Å²) < 4.78 is 5.38. The Hall–Kier alpha value is -2.71. The molecule has 8 nitrogen and oxygen atoms in total. The predicted octanol–water partition coefficient (Wildman–Crippen LogP) is 1.66. The largest absolute Gasteiger partial charge is 0.497 e. The number of benzene rings is 1. The number of nitrogens with one attached hydrogen (secondary N) is 1. The number of carbonyl (C=O) groups is 1. The van der Waals surface area contributed by atoms with E-state index >= 15 is 0 Å². The number of carbonyl (C=O) groups excluding carboxylic acids is 1. The summed E-state index contributed by atoms with van der Waals surface area (Å²) in [6.45, 7) is 4.08. The molecule has 8 heteroatoms. The molecule has 0 saturated carbocycles.